The highest BCUT2D eigenvalue weighted by molar-refractivity contribution is 5.23. The normalized spacial score (nSPS) is 13.9. The van der Waals surface area contributed by atoms with E-state index in [2.05, 4.69) is 19.1 Å². The van der Waals surface area contributed by atoms with Crippen LogP contribution in [0.4, 0.5) is 0 Å². The molecule has 1 atom stereocenters. The Balaban J connectivity index is 2.70. The molecule has 0 fully saturated rings. The zero-order valence-corrected chi connectivity index (χ0v) is 9.95. The van der Waals surface area contributed by atoms with Gasteiger partial charge in [-0.2, -0.15) is 0 Å². The van der Waals surface area contributed by atoms with Crippen molar-refractivity contribution in [2.75, 3.05) is 7.11 Å². The molecule has 1 rings (SSSR count). The van der Waals surface area contributed by atoms with Gasteiger partial charge < -0.3 is 9.84 Å². The van der Waals surface area contributed by atoms with E-state index in [9.17, 15) is 5.11 Å². The summed E-state index contributed by atoms with van der Waals surface area (Å²) in [5.41, 5.74) is 1.87. The predicted molar refractivity (Wildman–Crippen MR) is 62.0 cm³/mol. The third-order valence-electron chi connectivity index (χ3n) is 2.84. The predicted octanol–water partition coefficient (Wildman–Crippen LogP) is 2.32. The van der Waals surface area contributed by atoms with E-state index in [4.69, 9.17) is 4.74 Å². The first-order chi connectivity index (χ1) is 6.95. The van der Waals surface area contributed by atoms with E-state index >= 15 is 0 Å². The molecule has 1 aromatic rings. The third-order valence-corrected chi connectivity index (χ3v) is 2.84. The van der Waals surface area contributed by atoms with Crippen LogP contribution in [-0.4, -0.2) is 23.9 Å². The molecule has 0 aliphatic rings. The summed E-state index contributed by atoms with van der Waals surface area (Å²) >= 11 is 0. The van der Waals surface area contributed by atoms with Crippen LogP contribution >= 0.6 is 0 Å². The van der Waals surface area contributed by atoms with Gasteiger partial charge in [0.05, 0.1) is 11.7 Å². The first kappa shape index (κ1) is 12.2. The molecule has 1 N–H and O–H groups in total. The summed E-state index contributed by atoms with van der Waals surface area (Å²) in [5.74, 6) is 0. The molecule has 15 heavy (non-hydrogen) atoms. The van der Waals surface area contributed by atoms with Gasteiger partial charge in [0.2, 0.25) is 0 Å². The van der Waals surface area contributed by atoms with E-state index in [0.717, 1.165) is 5.56 Å². The average Bonchev–Trinajstić information content (AvgIpc) is 2.17. The van der Waals surface area contributed by atoms with Gasteiger partial charge in [-0.05, 0) is 26.3 Å². The molecule has 0 spiro atoms. The summed E-state index contributed by atoms with van der Waals surface area (Å²) in [4.78, 5) is 0. The summed E-state index contributed by atoms with van der Waals surface area (Å²) in [5, 5.41) is 10.00. The molecule has 2 nitrogen and oxygen atoms in total. The molecule has 0 amide bonds. The molecule has 0 radical (unpaired) electrons. The molecule has 1 aromatic carbocycles. The number of aryl methyl sites for hydroxylation is 1. The highest BCUT2D eigenvalue weighted by atomic mass is 16.5. The highest BCUT2D eigenvalue weighted by Crippen LogP contribution is 2.18. The number of methoxy groups -OCH3 is 1. The summed E-state index contributed by atoms with van der Waals surface area (Å²) in [6.45, 7) is 5.85. The number of hydrogen-bond acceptors (Lipinski definition) is 2. The van der Waals surface area contributed by atoms with E-state index in [1.165, 1.54) is 5.56 Å². The lowest BCUT2D eigenvalue weighted by Gasteiger charge is -2.29. The van der Waals surface area contributed by atoms with Crippen LogP contribution in [-0.2, 0) is 11.2 Å². The van der Waals surface area contributed by atoms with Gasteiger partial charge in [-0.25, -0.2) is 0 Å². The van der Waals surface area contributed by atoms with Gasteiger partial charge in [-0.1, -0.05) is 29.8 Å². The lowest BCUT2D eigenvalue weighted by molar-refractivity contribution is -0.0765. The molecule has 0 saturated carbocycles. The molecule has 0 bridgehead atoms. The van der Waals surface area contributed by atoms with Crippen molar-refractivity contribution in [3.8, 4) is 0 Å². The molecular formula is C13H20O2. The number of ether oxygens (including phenoxy) is 1. The second kappa shape index (κ2) is 4.77. The molecule has 0 saturated heterocycles. The zero-order valence-electron chi connectivity index (χ0n) is 9.95. The first-order valence-electron chi connectivity index (χ1n) is 5.24. The minimum absolute atomic E-state index is 0.482. The average molecular weight is 208 g/mol. The van der Waals surface area contributed by atoms with Crippen molar-refractivity contribution in [3.05, 3.63) is 35.4 Å². The fourth-order valence-corrected chi connectivity index (χ4v) is 1.44. The summed E-state index contributed by atoms with van der Waals surface area (Å²) in [6, 6.07) is 8.19. The van der Waals surface area contributed by atoms with Gasteiger partial charge in [0.1, 0.15) is 0 Å². The van der Waals surface area contributed by atoms with Crippen LogP contribution < -0.4 is 0 Å². The third kappa shape index (κ3) is 3.33. The van der Waals surface area contributed by atoms with E-state index in [0.29, 0.717) is 6.42 Å². The molecule has 0 aromatic heterocycles. The van der Waals surface area contributed by atoms with Crippen molar-refractivity contribution in [1.29, 1.82) is 0 Å². The summed E-state index contributed by atoms with van der Waals surface area (Å²) in [7, 11) is 1.62. The molecule has 84 valence electrons. The Hall–Kier alpha value is -0.860. The van der Waals surface area contributed by atoms with Gasteiger partial charge in [0, 0.05) is 13.5 Å². The van der Waals surface area contributed by atoms with Gasteiger partial charge in [-0.3, -0.25) is 0 Å². The van der Waals surface area contributed by atoms with E-state index in [-0.39, 0.29) is 0 Å². The Morgan fingerprint density at radius 1 is 1.40 bits per heavy atom. The molecule has 1 unspecified atom stereocenters. The van der Waals surface area contributed by atoms with Gasteiger partial charge in [0.15, 0.2) is 0 Å². The number of benzene rings is 1. The van der Waals surface area contributed by atoms with Crippen LogP contribution in [0.25, 0.3) is 0 Å². The van der Waals surface area contributed by atoms with Gasteiger partial charge >= 0.3 is 0 Å². The highest BCUT2D eigenvalue weighted by Gasteiger charge is 2.27. The fraction of sp³-hybridized carbons (Fsp3) is 0.538. The van der Waals surface area contributed by atoms with Gasteiger partial charge in [-0.15, -0.1) is 0 Å². The van der Waals surface area contributed by atoms with E-state index in [1.807, 2.05) is 26.0 Å². The maximum absolute atomic E-state index is 10.00. The van der Waals surface area contributed by atoms with Crippen LogP contribution in [0.15, 0.2) is 24.3 Å². The number of aliphatic hydroxyl groups excluding tert-OH is 1. The Kier molecular flexibility index (Phi) is 3.89. The lowest BCUT2D eigenvalue weighted by Crippen LogP contribution is -2.39. The number of rotatable bonds is 4. The van der Waals surface area contributed by atoms with E-state index < -0.39 is 11.7 Å². The Bertz CT molecular complexity index is 318. The van der Waals surface area contributed by atoms with Crippen molar-refractivity contribution in [3.63, 3.8) is 0 Å². The lowest BCUT2D eigenvalue weighted by atomic mass is 9.94. The second-order valence-electron chi connectivity index (χ2n) is 4.52. The van der Waals surface area contributed by atoms with Gasteiger partial charge in [0.25, 0.3) is 0 Å². The van der Waals surface area contributed by atoms with Crippen LogP contribution in [0.5, 0.6) is 0 Å². The zero-order chi connectivity index (χ0) is 11.5. The maximum Gasteiger partial charge on any atom is 0.0883 e. The van der Waals surface area contributed by atoms with Crippen LogP contribution in [0.1, 0.15) is 25.0 Å². The number of aliphatic hydroxyl groups is 1. The molecular weight excluding hydrogens is 188 g/mol. The topological polar surface area (TPSA) is 29.5 Å². The van der Waals surface area contributed by atoms with Crippen molar-refractivity contribution in [1.82, 2.24) is 0 Å². The monoisotopic (exact) mass is 208 g/mol. The minimum atomic E-state index is -0.496. The fourth-order valence-electron chi connectivity index (χ4n) is 1.44. The smallest absolute Gasteiger partial charge is 0.0883 e. The molecule has 0 heterocycles. The summed E-state index contributed by atoms with van der Waals surface area (Å²) < 4.78 is 5.25. The molecule has 2 heteroatoms. The standard InChI is InChI=1S/C13H20O2/c1-10-6-5-7-11(8-10)9-12(14)13(2,3)15-4/h5-8,12,14H,9H2,1-4H3. The quantitative estimate of drug-likeness (QED) is 0.823. The Morgan fingerprint density at radius 3 is 2.60 bits per heavy atom. The molecule has 0 aliphatic carbocycles. The SMILES string of the molecule is COC(C)(C)C(O)Cc1cccc(C)c1. The minimum Gasteiger partial charge on any atom is -0.390 e. The van der Waals surface area contributed by atoms with Crippen molar-refractivity contribution < 1.29 is 9.84 Å². The maximum atomic E-state index is 10.00. The van der Waals surface area contributed by atoms with Crippen LogP contribution in [0.2, 0.25) is 0 Å². The second-order valence-corrected chi connectivity index (χ2v) is 4.52. The van der Waals surface area contributed by atoms with E-state index in [1.54, 1.807) is 7.11 Å². The van der Waals surface area contributed by atoms with Crippen molar-refractivity contribution >= 4 is 0 Å². The summed E-state index contributed by atoms with van der Waals surface area (Å²) in [6.07, 6.45) is 0.145. The largest absolute Gasteiger partial charge is 0.390 e. The van der Waals surface area contributed by atoms with Crippen molar-refractivity contribution in [2.45, 2.75) is 38.9 Å². The molecule has 0 aliphatic heterocycles. The van der Waals surface area contributed by atoms with Crippen molar-refractivity contribution in [2.24, 2.45) is 0 Å². The Morgan fingerprint density at radius 2 is 2.07 bits per heavy atom. The van der Waals surface area contributed by atoms with Crippen LogP contribution in [0, 0.1) is 6.92 Å². The number of hydrogen-bond donors (Lipinski definition) is 1. The first-order valence-corrected chi connectivity index (χ1v) is 5.24. The van der Waals surface area contributed by atoms with Crippen LogP contribution in [0.3, 0.4) is 0 Å². The Labute approximate surface area is 91.9 Å².